The number of nitrogens with zero attached hydrogens (tertiary/aromatic N) is 1. The van der Waals surface area contributed by atoms with E-state index < -0.39 is 0 Å². The molecule has 108 valence electrons. The van der Waals surface area contributed by atoms with Gasteiger partial charge in [0.1, 0.15) is 11.8 Å². The summed E-state index contributed by atoms with van der Waals surface area (Å²) in [6.45, 7) is 2.90. The summed E-state index contributed by atoms with van der Waals surface area (Å²) in [6, 6.07) is 17.7. The Balaban J connectivity index is 1.91. The van der Waals surface area contributed by atoms with Crippen LogP contribution in [0.2, 0.25) is 5.02 Å². The summed E-state index contributed by atoms with van der Waals surface area (Å²) in [5, 5.41) is 12.7. The smallest absolute Gasteiger partial charge is 0.174 e. The van der Waals surface area contributed by atoms with Gasteiger partial charge in [0.25, 0.3) is 0 Å². The van der Waals surface area contributed by atoms with E-state index in [0.29, 0.717) is 5.75 Å². The maximum atomic E-state index is 8.46. The highest BCUT2D eigenvalue weighted by molar-refractivity contribution is 6.31. The monoisotopic (exact) mass is 300 g/mol. The van der Waals surface area contributed by atoms with E-state index in [4.69, 9.17) is 21.6 Å². The third-order valence-corrected chi connectivity index (χ3v) is 3.56. The molecule has 1 atom stereocenters. The van der Waals surface area contributed by atoms with Crippen molar-refractivity contribution in [2.24, 2.45) is 0 Å². The van der Waals surface area contributed by atoms with Gasteiger partial charge in [-0.05, 0) is 36.2 Å². The fourth-order valence-corrected chi connectivity index (χ4v) is 2.33. The van der Waals surface area contributed by atoms with Gasteiger partial charge in [-0.3, -0.25) is 0 Å². The lowest BCUT2D eigenvalue weighted by molar-refractivity contribution is 0.368. The Bertz CT molecular complexity index is 619. The molecule has 0 radical (unpaired) electrons. The molecule has 0 aromatic heterocycles. The molecule has 0 heterocycles. The summed E-state index contributed by atoms with van der Waals surface area (Å²) in [6.07, 6.45) is 0. The molecular weight excluding hydrogens is 284 g/mol. The van der Waals surface area contributed by atoms with Crippen LogP contribution in [-0.4, -0.2) is 6.61 Å². The second kappa shape index (κ2) is 7.68. The van der Waals surface area contributed by atoms with Gasteiger partial charge in [-0.2, -0.15) is 5.26 Å². The van der Waals surface area contributed by atoms with Gasteiger partial charge in [0.2, 0.25) is 0 Å². The van der Waals surface area contributed by atoms with Crippen molar-refractivity contribution in [2.75, 3.05) is 6.61 Å². The molecule has 2 rings (SSSR count). The zero-order chi connectivity index (χ0) is 15.1. The van der Waals surface area contributed by atoms with Crippen LogP contribution >= 0.6 is 11.6 Å². The molecule has 4 heteroatoms. The molecule has 3 nitrogen and oxygen atoms in total. The number of rotatable bonds is 6. The van der Waals surface area contributed by atoms with Gasteiger partial charge in [-0.25, -0.2) is 0 Å². The molecule has 21 heavy (non-hydrogen) atoms. The van der Waals surface area contributed by atoms with E-state index in [2.05, 4.69) is 12.2 Å². The van der Waals surface area contributed by atoms with Gasteiger partial charge in [-0.1, -0.05) is 41.9 Å². The Morgan fingerprint density at radius 1 is 1.19 bits per heavy atom. The minimum atomic E-state index is 0.0706. The fourth-order valence-electron chi connectivity index (χ4n) is 2.03. The quantitative estimate of drug-likeness (QED) is 0.874. The normalized spacial score (nSPS) is 11.7. The molecule has 0 amide bonds. The zero-order valence-corrected chi connectivity index (χ0v) is 12.6. The van der Waals surface area contributed by atoms with Crippen molar-refractivity contribution in [3.8, 4) is 11.8 Å². The minimum Gasteiger partial charge on any atom is -0.479 e. The second-order valence-electron chi connectivity index (χ2n) is 4.71. The van der Waals surface area contributed by atoms with Crippen molar-refractivity contribution >= 4 is 11.6 Å². The average molecular weight is 301 g/mol. The minimum absolute atomic E-state index is 0.0706. The van der Waals surface area contributed by atoms with E-state index in [0.717, 1.165) is 22.7 Å². The Labute approximate surface area is 130 Å². The predicted molar refractivity (Wildman–Crippen MR) is 84.3 cm³/mol. The highest BCUT2D eigenvalue weighted by Gasteiger charge is 2.08. The first-order chi connectivity index (χ1) is 10.2. The highest BCUT2D eigenvalue weighted by Crippen LogP contribution is 2.22. The summed E-state index contributed by atoms with van der Waals surface area (Å²) in [5.41, 5.74) is 2.24. The SMILES string of the molecule is CC(NCc1ccc(OCC#N)cc1)c1ccccc1Cl. The van der Waals surface area contributed by atoms with Gasteiger partial charge in [0.05, 0.1) is 0 Å². The van der Waals surface area contributed by atoms with E-state index >= 15 is 0 Å². The van der Waals surface area contributed by atoms with E-state index in [1.807, 2.05) is 54.6 Å². The number of nitriles is 1. The molecule has 1 unspecified atom stereocenters. The van der Waals surface area contributed by atoms with E-state index in [-0.39, 0.29) is 12.6 Å². The summed E-state index contributed by atoms with van der Waals surface area (Å²) in [7, 11) is 0. The highest BCUT2D eigenvalue weighted by atomic mass is 35.5. The standard InChI is InChI=1S/C17H17ClN2O/c1-13(16-4-2-3-5-17(16)18)20-12-14-6-8-15(9-7-14)21-11-10-19/h2-9,13,20H,11-12H2,1H3. The Morgan fingerprint density at radius 3 is 2.57 bits per heavy atom. The molecule has 0 aliphatic heterocycles. The Hall–Kier alpha value is -2.02. The molecule has 0 bridgehead atoms. The number of halogens is 1. The number of benzene rings is 2. The lowest BCUT2D eigenvalue weighted by Crippen LogP contribution is -2.18. The number of nitrogens with one attached hydrogen (secondary N) is 1. The molecule has 0 saturated heterocycles. The maximum absolute atomic E-state index is 8.46. The summed E-state index contributed by atoms with van der Waals surface area (Å²) in [5.74, 6) is 0.708. The summed E-state index contributed by atoms with van der Waals surface area (Å²) >= 11 is 6.19. The van der Waals surface area contributed by atoms with Crippen LogP contribution in [0.4, 0.5) is 0 Å². The molecule has 2 aromatic rings. The van der Waals surface area contributed by atoms with Crippen LogP contribution in [-0.2, 0) is 6.54 Å². The van der Waals surface area contributed by atoms with Crippen LogP contribution in [0.15, 0.2) is 48.5 Å². The van der Waals surface area contributed by atoms with Crippen molar-refractivity contribution in [2.45, 2.75) is 19.5 Å². The van der Waals surface area contributed by atoms with Gasteiger partial charge in [-0.15, -0.1) is 0 Å². The third kappa shape index (κ3) is 4.49. The van der Waals surface area contributed by atoms with Crippen molar-refractivity contribution in [1.29, 1.82) is 5.26 Å². The second-order valence-corrected chi connectivity index (χ2v) is 5.12. The summed E-state index contributed by atoms with van der Waals surface area (Å²) < 4.78 is 5.22. The van der Waals surface area contributed by atoms with Crippen LogP contribution in [0.25, 0.3) is 0 Å². The molecule has 2 aromatic carbocycles. The molecule has 0 spiro atoms. The number of ether oxygens (including phenoxy) is 1. The first-order valence-electron chi connectivity index (χ1n) is 6.77. The first-order valence-corrected chi connectivity index (χ1v) is 7.15. The predicted octanol–water partition coefficient (Wildman–Crippen LogP) is 4.09. The first kappa shape index (κ1) is 15.4. The number of hydrogen-bond donors (Lipinski definition) is 1. The van der Waals surface area contributed by atoms with E-state index in [1.54, 1.807) is 0 Å². The van der Waals surface area contributed by atoms with Gasteiger partial charge < -0.3 is 10.1 Å². The average Bonchev–Trinajstić information content (AvgIpc) is 2.52. The lowest BCUT2D eigenvalue weighted by atomic mass is 10.1. The molecule has 0 aliphatic carbocycles. The van der Waals surface area contributed by atoms with E-state index in [9.17, 15) is 0 Å². The zero-order valence-electron chi connectivity index (χ0n) is 11.8. The number of hydrogen-bond acceptors (Lipinski definition) is 3. The Kier molecular flexibility index (Phi) is 5.62. The van der Waals surface area contributed by atoms with Gasteiger partial charge >= 0.3 is 0 Å². The molecule has 1 N–H and O–H groups in total. The van der Waals surface area contributed by atoms with Gasteiger partial charge in [0, 0.05) is 17.6 Å². The largest absolute Gasteiger partial charge is 0.479 e. The van der Waals surface area contributed by atoms with Crippen LogP contribution in [0.3, 0.4) is 0 Å². The summed E-state index contributed by atoms with van der Waals surface area (Å²) in [4.78, 5) is 0. The fraction of sp³-hybridized carbons (Fsp3) is 0.235. The van der Waals surface area contributed by atoms with Crippen molar-refractivity contribution in [3.63, 3.8) is 0 Å². The molecule has 0 fully saturated rings. The third-order valence-electron chi connectivity index (χ3n) is 3.21. The topological polar surface area (TPSA) is 45.0 Å². The van der Waals surface area contributed by atoms with Crippen LogP contribution in [0, 0.1) is 11.3 Å². The van der Waals surface area contributed by atoms with Crippen LogP contribution < -0.4 is 10.1 Å². The van der Waals surface area contributed by atoms with Crippen molar-refractivity contribution in [3.05, 3.63) is 64.7 Å². The van der Waals surface area contributed by atoms with Crippen molar-refractivity contribution in [1.82, 2.24) is 5.32 Å². The van der Waals surface area contributed by atoms with Crippen LogP contribution in [0.5, 0.6) is 5.75 Å². The Morgan fingerprint density at radius 2 is 1.90 bits per heavy atom. The lowest BCUT2D eigenvalue weighted by Gasteiger charge is -2.15. The molecular formula is C17H17ClN2O. The van der Waals surface area contributed by atoms with E-state index in [1.165, 1.54) is 0 Å². The molecule has 0 saturated carbocycles. The van der Waals surface area contributed by atoms with Crippen molar-refractivity contribution < 1.29 is 4.74 Å². The van der Waals surface area contributed by atoms with Crippen LogP contribution in [0.1, 0.15) is 24.1 Å². The molecule has 0 aliphatic rings. The van der Waals surface area contributed by atoms with Gasteiger partial charge in [0.15, 0.2) is 6.61 Å². The maximum Gasteiger partial charge on any atom is 0.174 e.